The van der Waals surface area contributed by atoms with Crippen LogP contribution in [0, 0.1) is 13.8 Å². The molecule has 0 aliphatic rings. The Kier molecular flexibility index (Phi) is 3.29. The van der Waals surface area contributed by atoms with Crippen LogP contribution < -0.4 is 16.0 Å². The van der Waals surface area contributed by atoms with Crippen LogP contribution >= 0.6 is 0 Å². The van der Waals surface area contributed by atoms with Crippen LogP contribution in [0.2, 0.25) is 0 Å². The van der Waals surface area contributed by atoms with Crippen molar-refractivity contribution in [2.45, 2.75) is 13.8 Å². The van der Waals surface area contributed by atoms with Crippen molar-refractivity contribution in [1.29, 1.82) is 0 Å². The molecule has 0 radical (unpaired) electrons. The second-order valence-electron chi connectivity index (χ2n) is 4.48. The molecule has 1 aromatic carbocycles. The van der Waals surface area contributed by atoms with Crippen molar-refractivity contribution in [3.8, 4) is 17.1 Å². The lowest BCUT2D eigenvalue weighted by Crippen LogP contribution is -2.24. The van der Waals surface area contributed by atoms with Crippen LogP contribution in [0.5, 0.6) is 5.75 Å². The summed E-state index contributed by atoms with van der Waals surface area (Å²) in [5, 5.41) is 0. The van der Waals surface area contributed by atoms with Gasteiger partial charge in [0.05, 0.1) is 12.8 Å². The molecule has 0 amide bonds. The molecule has 1 aromatic heterocycles. The van der Waals surface area contributed by atoms with Crippen LogP contribution in [-0.2, 0) is 7.05 Å². The van der Waals surface area contributed by atoms with Crippen LogP contribution in [0.4, 0.5) is 5.69 Å². The highest BCUT2D eigenvalue weighted by molar-refractivity contribution is 5.63. The van der Waals surface area contributed by atoms with Crippen LogP contribution in [-0.4, -0.2) is 16.7 Å². The fourth-order valence-electron chi connectivity index (χ4n) is 1.98. The van der Waals surface area contributed by atoms with Gasteiger partial charge in [0, 0.05) is 12.6 Å². The molecular weight excluding hydrogens is 242 g/mol. The summed E-state index contributed by atoms with van der Waals surface area (Å²) in [6.45, 7) is 3.69. The monoisotopic (exact) mass is 259 g/mol. The number of aromatic nitrogens is 2. The van der Waals surface area contributed by atoms with Gasteiger partial charge in [-0.3, -0.25) is 9.36 Å². The van der Waals surface area contributed by atoms with Gasteiger partial charge in [0.1, 0.15) is 17.3 Å². The standard InChI is InChI=1S/C14H17N3O2/c1-8-7-10(19-4)5-6-11(8)13-16-9(2)12(15)14(18)17(13)3/h5-7H,15H2,1-4H3. The zero-order valence-electron chi connectivity index (χ0n) is 11.5. The third-order valence-corrected chi connectivity index (χ3v) is 3.19. The van der Waals surface area contributed by atoms with E-state index in [9.17, 15) is 4.79 Å². The van der Waals surface area contributed by atoms with Gasteiger partial charge in [-0.2, -0.15) is 0 Å². The molecule has 0 spiro atoms. The zero-order valence-corrected chi connectivity index (χ0v) is 11.5. The third-order valence-electron chi connectivity index (χ3n) is 3.19. The Bertz CT molecular complexity index is 690. The Morgan fingerprint density at radius 1 is 1.32 bits per heavy atom. The molecule has 0 saturated carbocycles. The molecule has 0 aliphatic carbocycles. The van der Waals surface area contributed by atoms with Gasteiger partial charge in [-0.15, -0.1) is 0 Å². The predicted octanol–water partition coefficient (Wildman–Crippen LogP) is 1.65. The van der Waals surface area contributed by atoms with Crippen LogP contribution in [0.15, 0.2) is 23.0 Å². The van der Waals surface area contributed by atoms with Crippen LogP contribution in [0.25, 0.3) is 11.4 Å². The number of nitrogen functional groups attached to an aromatic ring is 1. The van der Waals surface area contributed by atoms with Crippen LogP contribution in [0.1, 0.15) is 11.3 Å². The summed E-state index contributed by atoms with van der Waals surface area (Å²) in [6.07, 6.45) is 0. The first-order valence-corrected chi connectivity index (χ1v) is 5.93. The van der Waals surface area contributed by atoms with E-state index in [0.717, 1.165) is 16.9 Å². The lowest BCUT2D eigenvalue weighted by atomic mass is 10.1. The first kappa shape index (κ1) is 13.1. The van der Waals surface area contributed by atoms with E-state index in [1.54, 1.807) is 21.1 Å². The van der Waals surface area contributed by atoms with Crippen molar-refractivity contribution >= 4 is 5.69 Å². The molecule has 5 heteroatoms. The SMILES string of the molecule is COc1ccc(-c2nc(C)c(N)c(=O)n2C)c(C)c1. The van der Waals surface area contributed by atoms with Gasteiger partial charge in [0.2, 0.25) is 0 Å². The summed E-state index contributed by atoms with van der Waals surface area (Å²) in [7, 11) is 3.29. The van der Waals surface area contributed by atoms with E-state index in [0.29, 0.717) is 11.5 Å². The lowest BCUT2D eigenvalue weighted by Gasteiger charge is -2.13. The van der Waals surface area contributed by atoms with Crippen molar-refractivity contribution in [3.63, 3.8) is 0 Å². The summed E-state index contributed by atoms with van der Waals surface area (Å²) in [5.41, 5.74) is 8.10. The smallest absolute Gasteiger partial charge is 0.276 e. The average molecular weight is 259 g/mol. The molecule has 2 aromatic rings. The van der Waals surface area contributed by atoms with Gasteiger partial charge in [-0.25, -0.2) is 4.98 Å². The minimum absolute atomic E-state index is 0.192. The highest BCUT2D eigenvalue weighted by atomic mass is 16.5. The molecule has 0 bridgehead atoms. The van der Waals surface area contributed by atoms with Crippen LogP contribution in [0.3, 0.4) is 0 Å². The summed E-state index contributed by atoms with van der Waals surface area (Å²) in [4.78, 5) is 16.4. The van der Waals surface area contributed by atoms with Gasteiger partial charge < -0.3 is 10.5 Å². The number of nitrogens with zero attached hydrogens (tertiary/aromatic N) is 2. The molecule has 0 unspecified atom stereocenters. The highest BCUT2D eigenvalue weighted by Gasteiger charge is 2.13. The number of ether oxygens (including phenoxy) is 1. The van der Waals surface area contributed by atoms with Crippen molar-refractivity contribution < 1.29 is 4.74 Å². The number of hydrogen-bond acceptors (Lipinski definition) is 4. The summed E-state index contributed by atoms with van der Waals surface area (Å²) in [5.74, 6) is 1.38. The fourth-order valence-corrected chi connectivity index (χ4v) is 1.98. The van der Waals surface area contributed by atoms with E-state index in [1.165, 1.54) is 4.57 Å². The summed E-state index contributed by atoms with van der Waals surface area (Å²) >= 11 is 0. The van der Waals surface area contributed by atoms with Gasteiger partial charge in [0.25, 0.3) is 5.56 Å². The molecule has 0 saturated heterocycles. The van der Waals surface area contributed by atoms with Gasteiger partial charge in [0.15, 0.2) is 0 Å². The van der Waals surface area contributed by atoms with Gasteiger partial charge >= 0.3 is 0 Å². The number of nitrogens with two attached hydrogens (primary N) is 1. The first-order valence-electron chi connectivity index (χ1n) is 5.93. The third kappa shape index (κ3) is 2.19. The number of methoxy groups -OCH3 is 1. The topological polar surface area (TPSA) is 70.1 Å². The maximum Gasteiger partial charge on any atom is 0.276 e. The fraction of sp³-hybridized carbons (Fsp3) is 0.286. The minimum Gasteiger partial charge on any atom is -0.497 e. The quantitative estimate of drug-likeness (QED) is 0.890. The summed E-state index contributed by atoms with van der Waals surface area (Å²) in [6, 6.07) is 5.65. The largest absolute Gasteiger partial charge is 0.497 e. The molecule has 5 nitrogen and oxygen atoms in total. The normalized spacial score (nSPS) is 10.5. The highest BCUT2D eigenvalue weighted by Crippen LogP contribution is 2.25. The molecule has 100 valence electrons. The van der Waals surface area contributed by atoms with Crippen molar-refractivity contribution in [2.75, 3.05) is 12.8 Å². The Morgan fingerprint density at radius 3 is 2.58 bits per heavy atom. The predicted molar refractivity (Wildman–Crippen MR) is 75.4 cm³/mol. The molecule has 0 atom stereocenters. The molecule has 19 heavy (non-hydrogen) atoms. The lowest BCUT2D eigenvalue weighted by molar-refractivity contribution is 0.414. The number of aryl methyl sites for hydroxylation is 2. The molecule has 2 rings (SSSR count). The van der Waals surface area contributed by atoms with Crippen molar-refractivity contribution in [2.24, 2.45) is 7.05 Å². The van der Waals surface area contributed by atoms with E-state index in [2.05, 4.69) is 4.98 Å². The zero-order chi connectivity index (χ0) is 14.2. The van der Waals surface area contributed by atoms with Crippen molar-refractivity contribution in [1.82, 2.24) is 9.55 Å². The molecule has 0 fully saturated rings. The molecule has 2 N–H and O–H groups in total. The molecule has 0 aliphatic heterocycles. The number of anilines is 1. The van der Waals surface area contributed by atoms with Crippen molar-refractivity contribution in [3.05, 3.63) is 39.8 Å². The van der Waals surface area contributed by atoms with E-state index < -0.39 is 0 Å². The minimum atomic E-state index is -0.224. The number of benzene rings is 1. The molecule has 1 heterocycles. The second kappa shape index (κ2) is 4.76. The Hall–Kier alpha value is -2.30. The number of rotatable bonds is 2. The summed E-state index contributed by atoms with van der Waals surface area (Å²) < 4.78 is 6.64. The van der Waals surface area contributed by atoms with Gasteiger partial charge in [-0.1, -0.05) is 0 Å². The maximum absolute atomic E-state index is 12.0. The van der Waals surface area contributed by atoms with Gasteiger partial charge in [-0.05, 0) is 37.6 Å². The van der Waals surface area contributed by atoms with E-state index in [-0.39, 0.29) is 11.2 Å². The Morgan fingerprint density at radius 2 is 2.00 bits per heavy atom. The Labute approximate surface area is 111 Å². The van der Waals surface area contributed by atoms with E-state index in [4.69, 9.17) is 10.5 Å². The van der Waals surface area contributed by atoms with E-state index in [1.807, 2.05) is 25.1 Å². The first-order chi connectivity index (χ1) is 8.95. The maximum atomic E-state index is 12.0. The average Bonchev–Trinajstić information content (AvgIpc) is 2.41. The van der Waals surface area contributed by atoms with E-state index >= 15 is 0 Å². The second-order valence-corrected chi connectivity index (χ2v) is 4.48. The Balaban J connectivity index is 2.69. The molecular formula is C14H17N3O2. The number of hydrogen-bond donors (Lipinski definition) is 1.